The summed E-state index contributed by atoms with van der Waals surface area (Å²) in [5, 5.41) is 12.5. The Hall–Kier alpha value is -2.40. The van der Waals surface area contributed by atoms with E-state index < -0.39 is 21.9 Å². The van der Waals surface area contributed by atoms with Gasteiger partial charge in [-0.05, 0) is 55.7 Å². The fourth-order valence-electron chi connectivity index (χ4n) is 3.31. The Labute approximate surface area is 174 Å². The Bertz CT molecular complexity index is 941. The van der Waals surface area contributed by atoms with E-state index in [1.54, 1.807) is 18.3 Å². The van der Waals surface area contributed by atoms with Crippen molar-refractivity contribution in [3.63, 3.8) is 0 Å². The van der Waals surface area contributed by atoms with Gasteiger partial charge < -0.3 is 15.2 Å². The van der Waals surface area contributed by atoms with Gasteiger partial charge in [-0.3, -0.25) is 9.78 Å². The summed E-state index contributed by atoms with van der Waals surface area (Å²) < 4.78 is 45.8. The predicted molar refractivity (Wildman–Crippen MR) is 107 cm³/mol. The highest BCUT2D eigenvalue weighted by atomic mass is 32.2. The second-order valence-corrected chi connectivity index (χ2v) is 8.79. The molecule has 0 unspecified atom stereocenters. The van der Waals surface area contributed by atoms with Crippen molar-refractivity contribution in [2.24, 2.45) is 0 Å². The molecule has 30 heavy (non-hydrogen) atoms. The lowest BCUT2D eigenvalue weighted by Gasteiger charge is -2.36. The van der Waals surface area contributed by atoms with E-state index in [-0.39, 0.29) is 36.1 Å². The van der Waals surface area contributed by atoms with Crippen LogP contribution in [0.4, 0.5) is 4.39 Å². The highest BCUT2D eigenvalue weighted by molar-refractivity contribution is 7.89. The predicted octanol–water partition coefficient (Wildman–Crippen LogP) is 1.23. The van der Waals surface area contributed by atoms with Crippen LogP contribution in [0.5, 0.6) is 0 Å². The molecule has 1 aliphatic heterocycles. The summed E-state index contributed by atoms with van der Waals surface area (Å²) in [6, 6.07) is 7.54. The van der Waals surface area contributed by atoms with E-state index in [1.165, 1.54) is 18.3 Å². The van der Waals surface area contributed by atoms with Crippen LogP contribution in [0.1, 0.15) is 29.6 Å². The summed E-state index contributed by atoms with van der Waals surface area (Å²) in [4.78, 5) is 16.2. The van der Waals surface area contributed by atoms with Crippen molar-refractivity contribution in [2.75, 3.05) is 13.2 Å². The third-order valence-electron chi connectivity index (χ3n) is 4.92. The third-order valence-corrected chi connectivity index (χ3v) is 6.40. The minimum Gasteiger partial charge on any atom is -0.394 e. The molecule has 1 amide bonds. The number of hydrogen-bond donors (Lipinski definition) is 3. The number of carbonyl (C=O) groups excluding carboxylic acids is 1. The van der Waals surface area contributed by atoms with Crippen LogP contribution >= 0.6 is 0 Å². The molecule has 1 aromatic carbocycles. The van der Waals surface area contributed by atoms with Gasteiger partial charge in [-0.1, -0.05) is 0 Å². The Morgan fingerprint density at radius 2 is 2.00 bits per heavy atom. The molecule has 1 fully saturated rings. The van der Waals surface area contributed by atoms with E-state index in [1.807, 2.05) is 0 Å². The minimum atomic E-state index is -3.74. The number of benzene rings is 1. The van der Waals surface area contributed by atoms with E-state index in [0.29, 0.717) is 24.8 Å². The quantitative estimate of drug-likeness (QED) is 0.572. The number of nitrogens with zero attached hydrogens (tertiary/aromatic N) is 1. The van der Waals surface area contributed by atoms with Crippen LogP contribution in [0.2, 0.25) is 0 Å². The Morgan fingerprint density at radius 1 is 1.23 bits per heavy atom. The lowest BCUT2D eigenvalue weighted by Crippen LogP contribution is -2.51. The van der Waals surface area contributed by atoms with Crippen molar-refractivity contribution in [3.05, 3.63) is 60.2 Å². The molecule has 3 rings (SSSR count). The van der Waals surface area contributed by atoms with Gasteiger partial charge in [-0.15, -0.1) is 0 Å². The molecule has 8 nitrogen and oxygen atoms in total. The van der Waals surface area contributed by atoms with Crippen molar-refractivity contribution in [1.82, 2.24) is 15.0 Å². The number of nitrogens with one attached hydrogen (secondary N) is 2. The van der Waals surface area contributed by atoms with Gasteiger partial charge >= 0.3 is 0 Å². The smallest absolute Gasteiger partial charge is 0.253 e. The van der Waals surface area contributed by atoms with Crippen LogP contribution in [0.25, 0.3) is 0 Å². The largest absolute Gasteiger partial charge is 0.394 e. The molecule has 0 aliphatic carbocycles. The number of hydrogen-bond acceptors (Lipinski definition) is 6. The van der Waals surface area contributed by atoms with Crippen molar-refractivity contribution in [1.29, 1.82) is 0 Å². The number of rotatable bonds is 8. The summed E-state index contributed by atoms with van der Waals surface area (Å²) in [5.74, 6) is -0.801. The molecule has 0 radical (unpaired) electrons. The number of pyridine rings is 1. The topological polar surface area (TPSA) is 118 Å². The maximum Gasteiger partial charge on any atom is 0.253 e. The van der Waals surface area contributed by atoms with Crippen LogP contribution in [0.15, 0.2) is 53.7 Å². The lowest BCUT2D eigenvalue weighted by molar-refractivity contribution is -0.0891. The van der Waals surface area contributed by atoms with Crippen molar-refractivity contribution < 1.29 is 27.4 Å². The van der Waals surface area contributed by atoms with E-state index in [2.05, 4.69) is 15.0 Å². The molecule has 162 valence electrons. The summed E-state index contributed by atoms with van der Waals surface area (Å²) in [5.41, 5.74) is 0.423. The third kappa shape index (κ3) is 5.82. The first-order valence-electron chi connectivity index (χ1n) is 9.61. The minimum absolute atomic E-state index is 0.0140. The molecule has 0 bridgehead atoms. The first-order chi connectivity index (χ1) is 14.4. The number of aromatic nitrogens is 1. The van der Waals surface area contributed by atoms with Crippen LogP contribution in [0.3, 0.4) is 0 Å². The Balaban J connectivity index is 1.49. The summed E-state index contributed by atoms with van der Waals surface area (Å²) in [6.07, 6.45) is 3.79. The molecule has 1 aliphatic rings. The van der Waals surface area contributed by atoms with E-state index >= 15 is 0 Å². The van der Waals surface area contributed by atoms with E-state index in [0.717, 1.165) is 12.1 Å². The number of amides is 1. The first-order valence-corrected chi connectivity index (χ1v) is 11.1. The van der Waals surface area contributed by atoms with Gasteiger partial charge in [-0.25, -0.2) is 17.5 Å². The number of ether oxygens (including phenoxy) is 1. The maximum atomic E-state index is 13.0. The highest BCUT2D eigenvalue weighted by Gasteiger charge is 2.32. The molecule has 3 N–H and O–H groups in total. The van der Waals surface area contributed by atoms with Crippen LogP contribution in [0, 0.1) is 5.82 Å². The van der Waals surface area contributed by atoms with Crippen molar-refractivity contribution in [3.8, 4) is 0 Å². The molecule has 1 aromatic heterocycles. The summed E-state index contributed by atoms with van der Waals surface area (Å²) >= 11 is 0. The maximum absolute atomic E-state index is 13.0. The van der Waals surface area contributed by atoms with Gasteiger partial charge in [0, 0.05) is 18.9 Å². The summed E-state index contributed by atoms with van der Waals surface area (Å²) in [6.45, 7) is -0.134. The molecular formula is C20H24FN3O5S. The first kappa shape index (κ1) is 22.3. The number of aliphatic hydroxyl groups excluding tert-OH is 1. The van der Waals surface area contributed by atoms with Crippen LogP contribution in [-0.2, 0) is 14.8 Å². The van der Waals surface area contributed by atoms with Gasteiger partial charge in [-0.2, -0.15) is 0 Å². The van der Waals surface area contributed by atoms with Gasteiger partial charge in [0.15, 0.2) is 0 Å². The average molecular weight is 437 g/mol. The zero-order chi connectivity index (χ0) is 21.6. The number of halogens is 1. The molecule has 2 aromatic rings. The Morgan fingerprint density at radius 3 is 2.67 bits per heavy atom. The monoisotopic (exact) mass is 437 g/mol. The average Bonchev–Trinajstić information content (AvgIpc) is 2.75. The van der Waals surface area contributed by atoms with Gasteiger partial charge in [0.05, 0.1) is 29.2 Å². The normalized spacial score (nSPS) is 21.9. The van der Waals surface area contributed by atoms with Gasteiger partial charge in [0.2, 0.25) is 10.0 Å². The SMILES string of the molecule is O=C(N[C@H]1CC[C@@H](CCNS(=O)(=O)c2ccc(F)cc2)O[C@H]1CO)c1cccnc1. The summed E-state index contributed by atoms with van der Waals surface area (Å²) in [7, 11) is -3.74. The fourth-order valence-corrected chi connectivity index (χ4v) is 4.36. The highest BCUT2D eigenvalue weighted by Crippen LogP contribution is 2.22. The molecule has 0 spiro atoms. The Kier molecular flexibility index (Phi) is 7.48. The zero-order valence-corrected chi connectivity index (χ0v) is 17.0. The van der Waals surface area contributed by atoms with Crippen molar-refractivity contribution >= 4 is 15.9 Å². The molecular weight excluding hydrogens is 413 g/mol. The second-order valence-electron chi connectivity index (χ2n) is 7.02. The van der Waals surface area contributed by atoms with Gasteiger partial charge in [0.25, 0.3) is 5.91 Å². The number of carbonyl (C=O) groups is 1. The molecule has 0 saturated carbocycles. The van der Waals surface area contributed by atoms with E-state index in [4.69, 9.17) is 4.74 Å². The van der Waals surface area contributed by atoms with Gasteiger partial charge in [0.1, 0.15) is 11.9 Å². The second kappa shape index (κ2) is 10.1. The lowest BCUT2D eigenvalue weighted by atomic mass is 9.97. The molecule has 10 heteroatoms. The number of aliphatic hydroxyl groups is 1. The fraction of sp³-hybridized carbons (Fsp3) is 0.400. The standard InChI is InChI=1S/C20H24FN3O5S/c21-15-3-6-17(7-4-15)30(27,28)23-11-9-16-5-8-18(19(13-25)29-16)24-20(26)14-2-1-10-22-12-14/h1-4,6-7,10,12,16,18-19,23,25H,5,8-9,11,13H2,(H,24,26)/t16-,18-,19-/m0/s1. The van der Waals surface area contributed by atoms with E-state index in [9.17, 15) is 22.7 Å². The van der Waals surface area contributed by atoms with Crippen molar-refractivity contribution in [2.45, 2.75) is 42.4 Å². The molecule has 2 heterocycles. The van der Waals surface area contributed by atoms with Crippen LogP contribution < -0.4 is 10.0 Å². The molecule has 1 saturated heterocycles. The zero-order valence-electron chi connectivity index (χ0n) is 16.2. The molecule has 3 atom stereocenters. The van der Waals surface area contributed by atoms with Crippen LogP contribution in [-0.4, -0.2) is 55.8 Å². The number of sulfonamides is 1.